The number of carbonyl (C=O) groups is 3. The topological polar surface area (TPSA) is 71.4 Å². The summed E-state index contributed by atoms with van der Waals surface area (Å²) in [5.74, 6) is -2.20. The first-order chi connectivity index (χ1) is 6.91. The standard InChI is InChI=1S/C11H16O4/c1-3-9(14)11(2,15)10-7(12)5-4-6-8(10)13/h10,15H,3-6H2,1-2H3. The molecule has 0 heterocycles. The molecule has 0 aliphatic heterocycles. The first kappa shape index (κ1) is 12.0. The molecule has 84 valence electrons. The Bertz CT molecular complexity index is 288. The smallest absolute Gasteiger partial charge is 0.164 e. The Morgan fingerprint density at radius 1 is 1.40 bits per heavy atom. The maximum atomic E-state index is 11.5. The van der Waals surface area contributed by atoms with E-state index >= 15 is 0 Å². The van der Waals surface area contributed by atoms with Crippen LogP contribution in [0.3, 0.4) is 0 Å². The van der Waals surface area contributed by atoms with Gasteiger partial charge in [-0.05, 0) is 13.3 Å². The van der Waals surface area contributed by atoms with E-state index in [9.17, 15) is 19.5 Å². The Morgan fingerprint density at radius 2 is 1.87 bits per heavy atom. The van der Waals surface area contributed by atoms with Crippen molar-refractivity contribution in [3.8, 4) is 0 Å². The molecule has 0 aromatic carbocycles. The minimum atomic E-state index is -1.82. The molecule has 1 rings (SSSR count). The highest BCUT2D eigenvalue weighted by Crippen LogP contribution is 2.28. The normalized spacial score (nSPS) is 22.6. The molecule has 15 heavy (non-hydrogen) atoms. The molecule has 1 N–H and O–H groups in total. The zero-order chi connectivity index (χ0) is 11.6. The number of hydrogen-bond donors (Lipinski definition) is 1. The number of rotatable bonds is 3. The van der Waals surface area contributed by atoms with Crippen molar-refractivity contribution in [1.29, 1.82) is 0 Å². The van der Waals surface area contributed by atoms with Crippen LogP contribution in [0.15, 0.2) is 0 Å². The summed E-state index contributed by atoms with van der Waals surface area (Å²) in [6.45, 7) is 2.87. The van der Waals surface area contributed by atoms with E-state index in [2.05, 4.69) is 0 Å². The van der Waals surface area contributed by atoms with Crippen molar-refractivity contribution in [2.24, 2.45) is 5.92 Å². The van der Waals surface area contributed by atoms with Gasteiger partial charge in [-0.25, -0.2) is 0 Å². The van der Waals surface area contributed by atoms with E-state index in [1.54, 1.807) is 6.92 Å². The Labute approximate surface area is 88.7 Å². The lowest BCUT2D eigenvalue weighted by molar-refractivity contribution is -0.156. The highest BCUT2D eigenvalue weighted by atomic mass is 16.3. The van der Waals surface area contributed by atoms with Gasteiger partial charge in [-0.1, -0.05) is 6.92 Å². The molecule has 1 atom stereocenters. The van der Waals surface area contributed by atoms with E-state index in [-0.39, 0.29) is 30.8 Å². The van der Waals surface area contributed by atoms with Gasteiger partial charge in [0.25, 0.3) is 0 Å². The van der Waals surface area contributed by atoms with Crippen LogP contribution >= 0.6 is 0 Å². The third-order valence-electron chi connectivity index (χ3n) is 2.94. The predicted molar refractivity (Wildman–Crippen MR) is 53.3 cm³/mol. The summed E-state index contributed by atoms with van der Waals surface area (Å²) in [6, 6.07) is 0. The van der Waals surface area contributed by atoms with E-state index in [1.807, 2.05) is 0 Å². The summed E-state index contributed by atoms with van der Waals surface area (Å²) in [4.78, 5) is 34.5. The van der Waals surface area contributed by atoms with Crippen LogP contribution in [-0.2, 0) is 14.4 Å². The van der Waals surface area contributed by atoms with Gasteiger partial charge in [-0.15, -0.1) is 0 Å². The zero-order valence-electron chi connectivity index (χ0n) is 9.08. The Morgan fingerprint density at radius 3 is 2.27 bits per heavy atom. The molecule has 0 spiro atoms. The molecule has 1 saturated carbocycles. The van der Waals surface area contributed by atoms with Crippen LogP contribution in [0.1, 0.15) is 39.5 Å². The van der Waals surface area contributed by atoms with Crippen molar-refractivity contribution in [2.75, 3.05) is 0 Å². The summed E-state index contributed by atoms with van der Waals surface area (Å²) in [6.07, 6.45) is 1.22. The van der Waals surface area contributed by atoms with Crippen molar-refractivity contribution in [2.45, 2.75) is 45.1 Å². The quantitative estimate of drug-likeness (QED) is 0.697. The lowest BCUT2D eigenvalue weighted by atomic mass is 9.73. The molecule has 4 nitrogen and oxygen atoms in total. The second kappa shape index (κ2) is 4.23. The van der Waals surface area contributed by atoms with E-state index in [0.717, 1.165) is 0 Å². The van der Waals surface area contributed by atoms with Crippen LogP contribution in [0, 0.1) is 5.92 Å². The van der Waals surface area contributed by atoms with Gasteiger partial charge in [-0.3, -0.25) is 14.4 Å². The van der Waals surface area contributed by atoms with Gasteiger partial charge >= 0.3 is 0 Å². The minimum Gasteiger partial charge on any atom is -0.381 e. The molecule has 1 aliphatic rings. The minimum absolute atomic E-state index is 0.129. The number of ketones is 3. The third kappa shape index (κ3) is 2.15. The van der Waals surface area contributed by atoms with Crippen molar-refractivity contribution >= 4 is 17.3 Å². The molecule has 0 radical (unpaired) electrons. The van der Waals surface area contributed by atoms with Gasteiger partial charge in [0.05, 0.1) is 0 Å². The average molecular weight is 212 g/mol. The Balaban J connectivity index is 2.97. The molecule has 1 unspecified atom stereocenters. The molecule has 0 aromatic heterocycles. The van der Waals surface area contributed by atoms with Gasteiger partial charge in [0, 0.05) is 19.3 Å². The predicted octanol–water partition coefficient (Wildman–Crippen LogP) is 0.655. The first-order valence-electron chi connectivity index (χ1n) is 5.22. The molecule has 0 amide bonds. The zero-order valence-corrected chi connectivity index (χ0v) is 9.08. The molecule has 0 saturated heterocycles. The monoisotopic (exact) mass is 212 g/mol. The molecular formula is C11H16O4. The number of Topliss-reactive ketones (excluding diaryl/α,β-unsaturated/α-hetero) is 3. The maximum Gasteiger partial charge on any atom is 0.164 e. The van der Waals surface area contributed by atoms with Crippen LogP contribution in [0.5, 0.6) is 0 Å². The fraction of sp³-hybridized carbons (Fsp3) is 0.727. The van der Waals surface area contributed by atoms with Crippen molar-refractivity contribution in [3.63, 3.8) is 0 Å². The molecular weight excluding hydrogens is 196 g/mol. The SMILES string of the molecule is CCC(=O)C(C)(O)C1C(=O)CCCC1=O. The number of hydrogen-bond acceptors (Lipinski definition) is 4. The summed E-state index contributed by atoms with van der Waals surface area (Å²) < 4.78 is 0. The van der Waals surface area contributed by atoms with Crippen LogP contribution in [0.4, 0.5) is 0 Å². The van der Waals surface area contributed by atoms with Crippen LogP contribution in [0.25, 0.3) is 0 Å². The Hall–Kier alpha value is -1.03. The second-order valence-corrected chi connectivity index (χ2v) is 4.14. The van der Waals surface area contributed by atoms with E-state index in [0.29, 0.717) is 6.42 Å². The van der Waals surface area contributed by atoms with Crippen LogP contribution in [0.2, 0.25) is 0 Å². The van der Waals surface area contributed by atoms with E-state index in [1.165, 1.54) is 6.92 Å². The van der Waals surface area contributed by atoms with Crippen molar-refractivity contribution in [3.05, 3.63) is 0 Å². The van der Waals surface area contributed by atoms with Gasteiger partial charge < -0.3 is 5.11 Å². The van der Waals surface area contributed by atoms with Crippen molar-refractivity contribution in [1.82, 2.24) is 0 Å². The van der Waals surface area contributed by atoms with Gasteiger partial charge in [0.1, 0.15) is 23.1 Å². The lowest BCUT2D eigenvalue weighted by Crippen LogP contribution is -2.51. The van der Waals surface area contributed by atoms with E-state index in [4.69, 9.17) is 0 Å². The van der Waals surface area contributed by atoms with Gasteiger partial charge in [0.15, 0.2) is 5.78 Å². The van der Waals surface area contributed by atoms with Crippen LogP contribution in [-0.4, -0.2) is 28.1 Å². The fourth-order valence-corrected chi connectivity index (χ4v) is 2.05. The Kier molecular flexibility index (Phi) is 3.39. The third-order valence-corrected chi connectivity index (χ3v) is 2.94. The summed E-state index contributed by atoms with van der Waals surface area (Å²) in [5, 5.41) is 9.96. The van der Waals surface area contributed by atoms with Gasteiger partial charge in [0.2, 0.25) is 0 Å². The lowest BCUT2D eigenvalue weighted by Gasteiger charge is -2.31. The summed E-state index contributed by atoms with van der Waals surface area (Å²) in [7, 11) is 0. The maximum absolute atomic E-state index is 11.5. The van der Waals surface area contributed by atoms with Crippen LogP contribution < -0.4 is 0 Å². The largest absolute Gasteiger partial charge is 0.381 e. The molecule has 0 bridgehead atoms. The van der Waals surface area contributed by atoms with Crippen molar-refractivity contribution < 1.29 is 19.5 Å². The fourth-order valence-electron chi connectivity index (χ4n) is 2.05. The highest BCUT2D eigenvalue weighted by molar-refractivity contribution is 6.10. The number of carbonyl (C=O) groups excluding carboxylic acids is 3. The second-order valence-electron chi connectivity index (χ2n) is 4.14. The molecule has 1 aliphatic carbocycles. The number of aliphatic hydroxyl groups is 1. The molecule has 4 heteroatoms. The average Bonchev–Trinajstić information content (AvgIpc) is 2.15. The van der Waals surface area contributed by atoms with Gasteiger partial charge in [-0.2, -0.15) is 0 Å². The summed E-state index contributed by atoms with van der Waals surface area (Å²) in [5.41, 5.74) is -1.82. The summed E-state index contributed by atoms with van der Waals surface area (Å²) >= 11 is 0. The highest BCUT2D eigenvalue weighted by Gasteiger charge is 2.47. The molecule has 0 aromatic rings. The van der Waals surface area contributed by atoms with E-state index < -0.39 is 17.3 Å². The molecule has 1 fully saturated rings. The first-order valence-corrected chi connectivity index (χ1v) is 5.22.